The third-order valence-electron chi connectivity index (χ3n) is 12.1. The number of benzene rings is 10. The van der Waals surface area contributed by atoms with Crippen LogP contribution in [0.15, 0.2) is 218 Å². The molecule has 0 bridgehead atoms. The largest absolute Gasteiger partial charge is 0.309 e. The number of aromatic nitrogens is 2. The molecule has 2 aromatic heterocycles. The monoisotopic (exact) mass is 736 g/mol. The predicted molar refractivity (Wildman–Crippen MR) is 246 cm³/mol. The van der Waals surface area contributed by atoms with Gasteiger partial charge in [0.25, 0.3) is 0 Å². The van der Waals surface area contributed by atoms with Crippen LogP contribution in [0.4, 0.5) is 0 Å². The van der Waals surface area contributed by atoms with Crippen LogP contribution in [0.3, 0.4) is 0 Å². The summed E-state index contributed by atoms with van der Waals surface area (Å²) in [5, 5.41) is 10.1. The van der Waals surface area contributed by atoms with Crippen LogP contribution >= 0.6 is 0 Å². The molecule has 0 saturated heterocycles. The van der Waals surface area contributed by atoms with E-state index < -0.39 is 0 Å². The number of hydrogen-bond donors (Lipinski definition) is 0. The van der Waals surface area contributed by atoms with Gasteiger partial charge in [0.05, 0.1) is 27.8 Å². The predicted octanol–water partition coefficient (Wildman–Crippen LogP) is 15.2. The molecule has 10 aromatic carbocycles. The van der Waals surface area contributed by atoms with Crippen molar-refractivity contribution in [3.8, 4) is 44.8 Å². The van der Waals surface area contributed by atoms with Crippen molar-refractivity contribution < 1.29 is 0 Å². The van der Waals surface area contributed by atoms with Gasteiger partial charge in [-0.1, -0.05) is 170 Å². The fourth-order valence-electron chi connectivity index (χ4n) is 9.47. The summed E-state index contributed by atoms with van der Waals surface area (Å²) in [5.41, 5.74) is 14.4. The van der Waals surface area contributed by atoms with Crippen LogP contribution in [0.25, 0.3) is 110 Å². The molecule has 0 atom stereocenters. The Kier molecular flexibility index (Phi) is 7.26. The number of nitrogens with zero attached hydrogens (tertiary/aromatic N) is 2. The minimum absolute atomic E-state index is 1.14. The van der Waals surface area contributed by atoms with Gasteiger partial charge in [0, 0.05) is 32.8 Å². The van der Waals surface area contributed by atoms with Crippen molar-refractivity contribution in [2.24, 2.45) is 0 Å². The molecule has 2 heteroatoms. The Bertz CT molecular complexity index is 3490. The zero-order valence-electron chi connectivity index (χ0n) is 31.7. The summed E-state index contributed by atoms with van der Waals surface area (Å²) >= 11 is 0. The number of hydrogen-bond acceptors (Lipinski definition) is 0. The zero-order chi connectivity index (χ0) is 38.2. The molecule has 0 radical (unpaired) electrons. The summed E-state index contributed by atoms with van der Waals surface area (Å²) < 4.78 is 4.89. The zero-order valence-corrected chi connectivity index (χ0v) is 31.7. The number of para-hydroxylation sites is 3. The van der Waals surface area contributed by atoms with Crippen molar-refractivity contribution in [3.05, 3.63) is 218 Å². The van der Waals surface area contributed by atoms with Crippen LogP contribution in [0, 0.1) is 0 Å². The van der Waals surface area contributed by atoms with E-state index >= 15 is 0 Å². The van der Waals surface area contributed by atoms with Gasteiger partial charge in [0.15, 0.2) is 0 Å². The molecule has 12 aromatic rings. The highest BCUT2D eigenvalue weighted by molar-refractivity contribution is 6.14. The van der Waals surface area contributed by atoms with Gasteiger partial charge in [-0.25, -0.2) is 0 Å². The second kappa shape index (κ2) is 12.9. The van der Waals surface area contributed by atoms with Crippen LogP contribution < -0.4 is 0 Å². The van der Waals surface area contributed by atoms with Crippen LogP contribution in [0.2, 0.25) is 0 Å². The van der Waals surface area contributed by atoms with E-state index in [0.717, 1.165) is 5.69 Å². The van der Waals surface area contributed by atoms with Crippen LogP contribution in [-0.2, 0) is 0 Å². The van der Waals surface area contributed by atoms with E-state index in [2.05, 4.69) is 228 Å². The molecular weight excluding hydrogens is 701 g/mol. The van der Waals surface area contributed by atoms with Crippen molar-refractivity contribution in [2.75, 3.05) is 0 Å². The summed E-state index contributed by atoms with van der Waals surface area (Å²) in [5.74, 6) is 0. The van der Waals surface area contributed by atoms with Gasteiger partial charge in [-0.05, 0) is 97.9 Å². The first-order chi connectivity index (χ1) is 28.8. The Morgan fingerprint density at radius 2 is 0.724 bits per heavy atom. The van der Waals surface area contributed by atoms with E-state index in [9.17, 15) is 0 Å². The highest BCUT2D eigenvalue weighted by Crippen LogP contribution is 2.41. The fraction of sp³-hybridized carbons (Fsp3) is 0. The third-order valence-corrected chi connectivity index (χ3v) is 12.1. The smallest absolute Gasteiger partial charge is 0.0547 e. The Labute approximate surface area is 336 Å². The highest BCUT2D eigenvalue weighted by Gasteiger charge is 2.18. The molecule has 2 heterocycles. The van der Waals surface area contributed by atoms with Crippen molar-refractivity contribution in [2.45, 2.75) is 0 Å². The molecule has 0 saturated carbocycles. The Balaban J connectivity index is 1.03. The van der Waals surface area contributed by atoms with Crippen molar-refractivity contribution >= 4 is 65.2 Å². The second-order valence-corrected chi connectivity index (χ2v) is 15.3. The third kappa shape index (κ3) is 4.99. The van der Waals surface area contributed by atoms with Crippen molar-refractivity contribution in [1.29, 1.82) is 0 Å². The highest BCUT2D eigenvalue weighted by atomic mass is 15.0. The molecule has 0 unspecified atom stereocenters. The fourth-order valence-corrected chi connectivity index (χ4v) is 9.47. The molecule has 0 fully saturated rings. The van der Waals surface area contributed by atoms with Gasteiger partial charge in [-0.15, -0.1) is 0 Å². The molecule has 0 amide bonds. The minimum atomic E-state index is 1.14. The van der Waals surface area contributed by atoms with Crippen LogP contribution in [-0.4, -0.2) is 9.13 Å². The van der Waals surface area contributed by atoms with E-state index in [1.165, 1.54) is 104 Å². The summed E-state index contributed by atoms with van der Waals surface area (Å²) in [4.78, 5) is 0. The molecule has 270 valence electrons. The molecule has 58 heavy (non-hydrogen) atoms. The van der Waals surface area contributed by atoms with E-state index in [-0.39, 0.29) is 0 Å². The molecule has 2 nitrogen and oxygen atoms in total. The van der Waals surface area contributed by atoms with E-state index in [4.69, 9.17) is 0 Å². The maximum atomic E-state index is 2.45. The molecule has 0 aliphatic carbocycles. The first-order valence-corrected chi connectivity index (χ1v) is 20.0. The Hall–Kier alpha value is -7.68. The minimum Gasteiger partial charge on any atom is -0.309 e. The lowest BCUT2D eigenvalue weighted by Crippen LogP contribution is -1.97. The van der Waals surface area contributed by atoms with E-state index in [0.29, 0.717) is 0 Å². The van der Waals surface area contributed by atoms with Gasteiger partial charge in [0.2, 0.25) is 0 Å². The lowest BCUT2D eigenvalue weighted by Gasteiger charge is -2.15. The maximum Gasteiger partial charge on any atom is 0.0547 e. The average Bonchev–Trinajstić information content (AvgIpc) is 3.80. The number of rotatable bonds is 5. The molecule has 0 aliphatic heterocycles. The standard InChI is InChI=1S/C56H36N2/c1-2-14-37(15-3-1)44-18-8-11-23-51(44)58-53-25-13-10-22-48(53)50-33-29-40(36-55(50)58)39-28-32-49-47-21-9-12-24-52(47)57(54(49)35-39)43-30-26-38(27-31-43)56-45-19-6-4-16-41(45)34-42-17-5-7-20-46(42)56/h1-36H. The topological polar surface area (TPSA) is 9.86 Å². The summed E-state index contributed by atoms with van der Waals surface area (Å²) in [6, 6.07) is 80.0. The van der Waals surface area contributed by atoms with Gasteiger partial charge >= 0.3 is 0 Å². The van der Waals surface area contributed by atoms with Crippen molar-refractivity contribution in [3.63, 3.8) is 0 Å². The summed E-state index contributed by atoms with van der Waals surface area (Å²) in [6.07, 6.45) is 0. The average molecular weight is 737 g/mol. The van der Waals surface area contributed by atoms with E-state index in [1.54, 1.807) is 0 Å². The quantitative estimate of drug-likeness (QED) is 0.156. The lowest BCUT2D eigenvalue weighted by molar-refractivity contribution is 1.18. The molecular formula is C56H36N2. The lowest BCUT2D eigenvalue weighted by atomic mass is 9.92. The SMILES string of the molecule is c1ccc(-c2ccccc2-n2c3ccccc3c3ccc(-c4ccc5c6ccccc6n(-c6ccc(-c7c8ccccc8cc8ccccc78)cc6)c5c4)cc32)cc1. The molecule has 0 N–H and O–H groups in total. The van der Waals surface area contributed by atoms with E-state index in [1.807, 2.05) is 0 Å². The van der Waals surface area contributed by atoms with Gasteiger partial charge in [-0.2, -0.15) is 0 Å². The Morgan fingerprint density at radius 1 is 0.259 bits per heavy atom. The molecule has 12 rings (SSSR count). The maximum absolute atomic E-state index is 2.45. The first-order valence-electron chi connectivity index (χ1n) is 20.0. The Morgan fingerprint density at radius 3 is 1.36 bits per heavy atom. The van der Waals surface area contributed by atoms with Crippen LogP contribution in [0.1, 0.15) is 0 Å². The first kappa shape index (κ1) is 32.6. The summed E-state index contributed by atoms with van der Waals surface area (Å²) in [7, 11) is 0. The normalized spacial score (nSPS) is 11.8. The summed E-state index contributed by atoms with van der Waals surface area (Å²) in [6.45, 7) is 0. The van der Waals surface area contributed by atoms with Crippen LogP contribution in [0.5, 0.6) is 0 Å². The van der Waals surface area contributed by atoms with Gasteiger partial charge < -0.3 is 9.13 Å². The molecule has 0 aliphatic rings. The van der Waals surface area contributed by atoms with Crippen molar-refractivity contribution in [1.82, 2.24) is 9.13 Å². The number of fused-ring (bicyclic) bond motifs is 8. The van der Waals surface area contributed by atoms with Gasteiger partial charge in [-0.3, -0.25) is 0 Å². The second-order valence-electron chi connectivity index (χ2n) is 15.3. The van der Waals surface area contributed by atoms with Gasteiger partial charge in [0.1, 0.15) is 0 Å². The molecule has 0 spiro atoms.